The fraction of sp³-hybridized carbons (Fsp3) is 0.435. The fourth-order valence-electron chi connectivity index (χ4n) is 4.79. The molecule has 1 amide bonds. The number of nitrogens with one attached hydrogen (secondary N) is 1. The summed E-state index contributed by atoms with van der Waals surface area (Å²) >= 11 is 6.19. The molecule has 5 heteroatoms. The molecule has 2 saturated heterocycles. The molecule has 2 aliphatic rings. The van der Waals surface area contributed by atoms with Crippen LogP contribution in [0.15, 0.2) is 48.5 Å². The number of fused-ring (bicyclic) bond motifs is 2. The SMILES string of the molecule is COc1ccccc1CN1[C@@H]2CCC[C@@H]1CC(NC(=O)c1ccccc1Cl)C2. The molecule has 2 aliphatic heterocycles. The zero-order valence-corrected chi connectivity index (χ0v) is 17.0. The van der Waals surface area contributed by atoms with E-state index in [4.69, 9.17) is 16.3 Å². The van der Waals surface area contributed by atoms with Crippen molar-refractivity contribution in [1.82, 2.24) is 10.2 Å². The van der Waals surface area contributed by atoms with E-state index in [0.717, 1.165) is 25.1 Å². The summed E-state index contributed by atoms with van der Waals surface area (Å²) in [5.41, 5.74) is 1.80. The Kier molecular flexibility index (Phi) is 5.88. The molecule has 0 aromatic heterocycles. The Bertz CT molecular complexity index is 827. The van der Waals surface area contributed by atoms with Crippen LogP contribution in [0.4, 0.5) is 0 Å². The van der Waals surface area contributed by atoms with E-state index in [1.807, 2.05) is 24.3 Å². The molecule has 0 aliphatic carbocycles. The molecule has 4 nitrogen and oxygen atoms in total. The van der Waals surface area contributed by atoms with Crippen LogP contribution in [0, 0.1) is 0 Å². The Morgan fingerprint density at radius 3 is 2.50 bits per heavy atom. The van der Waals surface area contributed by atoms with E-state index in [-0.39, 0.29) is 11.9 Å². The Hall–Kier alpha value is -2.04. The van der Waals surface area contributed by atoms with Crippen molar-refractivity contribution in [2.24, 2.45) is 0 Å². The fourth-order valence-corrected chi connectivity index (χ4v) is 5.01. The highest BCUT2D eigenvalue weighted by molar-refractivity contribution is 6.33. The van der Waals surface area contributed by atoms with Crippen LogP contribution in [-0.4, -0.2) is 36.0 Å². The molecule has 2 aromatic carbocycles. The third-order valence-electron chi connectivity index (χ3n) is 6.13. The number of amides is 1. The summed E-state index contributed by atoms with van der Waals surface area (Å²) in [7, 11) is 1.73. The first-order valence-corrected chi connectivity index (χ1v) is 10.5. The number of hydrogen-bond acceptors (Lipinski definition) is 3. The lowest BCUT2D eigenvalue weighted by molar-refractivity contribution is 0.0172. The zero-order valence-electron chi connectivity index (χ0n) is 16.2. The summed E-state index contributed by atoms with van der Waals surface area (Å²) < 4.78 is 5.55. The van der Waals surface area contributed by atoms with Gasteiger partial charge in [0.2, 0.25) is 0 Å². The predicted molar refractivity (Wildman–Crippen MR) is 112 cm³/mol. The van der Waals surface area contributed by atoms with E-state index in [0.29, 0.717) is 22.7 Å². The molecular formula is C23H27ClN2O2. The van der Waals surface area contributed by atoms with Crippen molar-refractivity contribution in [2.75, 3.05) is 7.11 Å². The largest absolute Gasteiger partial charge is 0.496 e. The van der Waals surface area contributed by atoms with Gasteiger partial charge in [0.1, 0.15) is 5.75 Å². The molecule has 1 N–H and O–H groups in total. The third-order valence-corrected chi connectivity index (χ3v) is 6.45. The van der Waals surface area contributed by atoms with Crippen molar-refractivity contribution < 1.29 is 9.53 Å². The molecule has 148 valence electrons. The lowest BCUT2D eigenvalue weighted by Gasteiger charge is -2.49. The number of para-hydroxylation sites is 1. The van der Waals surface area contributed by atoms with E-state index in [2.05, 4.69) is 22.3 Å². The maximum atomic E-state index is 12.7. The number of nitrogens with zero attached hydrogens (tertiary/aromatic N) is 1. The second-order valence-corrected chi connectivity index (χ2v) is 8.25. The maximum absolute atomic E-state index is 12.7. The van der Waals surface area contributed by atoms with Gasteiger partial charge in [0.05, 0.1) is 17.7 Å². The molecule has 2 atom stereocenters. The Balaban J connectivity index is 1.45. The number of benzene rings is 2. The van der Waals surface area contributed by atoms with Crippen LogP contribution in [0.5, 0.6) is 5.75 Å². The molecule has 0 spiro atoms. The summed E-state index contributed by atoms with van der Waals surface area (Å²) in [5, 5.41) is 3.74. The molecule has 28 heavy (non-hydrogen) atoms. The average Bonchev–Trinajstić information content (AvgIpc) is 2.69. The number of carbonyl (C=O) groups is 1. The molecule has 4 rings (SSSR count). The molecule has 2 bridgehead atoms. The predicted octanol–water partition coefficient (Wildman–Crippen LogP) is 4.66. The van der Waals surface area contributed by atoms with Crippen LogP contribution in [0.2, 0.25) is 5.02 Å². The van der Waals surface area contributed by atoms with Gasteiger partial charge in [0.25, 0.3) is 5.91 Å². The summed E-state index contributed by atoms with van der Waals surface area (Å²) in [5.74, 6) is 0.890. The number of carbonyl (C=O) groups excluding carboxylic acids is 1. The van der Waals surface area contributed by atoms with Gasteiger partial charge in [-0.3, -0.25) is 9.69 Å². The first-order chi connectivity index (χ1) is 13.7. The Labute approximate surface area is 171 Å². The average molecular weight is 399 g/mol. The summed E-state index contributed by atoms with van der Waals surface area (Å²) in [6, 6.07) is 16.7. The Morgan fingerprint density at radius 1 is 1.11 bits per heavy atom. The van der Waals surface area contributed by atoms with Crippen molar-refractivity contribution in [2.45, 2.75) is 56.8 Å². The monoisotopic (exact) mass is 398 g/mol. The molecule has 2 heterocycles. The van der Waals surface area contributed by atoms with E-state index < -0.39 is 0 Å². The number of methoxy groups -OCH3 is 1. The molecule has 0 unspecified atom stereocenters. The first kappa shape index (κ1) is 19.3. The van der Waals surface area contributed by atoms with Crippen LogP contribution in [0.25, 0.3) is 0 Å². The van der Waals surface area contributed by atoms with Crippen LogP contribution in [0.1, 0.15) is 48.0 Å². The van der Waals surface area contributed by atoms with Crippen LogP contribution in [0.3, 0.4) is 0 Å². The van der Waals surface area contributed by atoms with Crippen molar-refractivity contribution in [3.63, 3.8) is 0 Å². The lowest BCUT2D eigenvalue weighted by Crippen LogP contribution is -2.56. The van der Waals surface area contributed by atoms with Gasteiger partial charge in [-0.25, -0.2) is 0 Å². The highest BCUT2D eigenvalue weighted by Crippen LogP contribution is 2.36. The maximum Gasteiger partial charge on any atom is 0.253 e. The van der Waals surface area contributed by atoms with Crippen LogP contribution in [-0.2, 0) is 6.54 Å². The normalized spacial score (nSPS) is 24.6. The van der Waals surface area contributed by atoms with Gasteiger partial charge in [-0.2, -0.15) is 0 Å². The third kappa shape index (κ3) is 4.03. The van der Waals surface area contributed by atoms with Gasteiger partial charge in [0, 0.05) is 30.2 Å². The standard InChI is InChI=1S/C23H27ClN2O2/c1-28-22-12-5-2-7-16(22)15-26-18-8-6-9-19(26)14-17(13-18)25-23(27)20-10-3-4-11-21(20)24/h2-5,7,10-12,17-19H,6,8-9,13-15H2,1H3,(H,25,27)/t18-,19-/m1/s1. The minimum Gasteiger partial charge on any atom is -0.496 e. The molecule has 0 radical (unpaired) electrons. The molecule has 0 saturated carbocycles. The minimum atomic E-state index is -0.0631. The number of hydrogen-bond donors (Lipinski definition) is 1. The van der Waals surface area contributed by atoms with Gasteiger partial charge in [-0.1, -0.05) is 48.4 Å². The zero-order chi connectivity index (χ0) is 19.5. The van der Waals surface area contributed by atoms with E-state index in [1.165, 1.54) is 24.8 Å². The van der Waals surface area contributed by atoms with Crippen LogP contribution < -0.4 is 10.1 Å². The minimum absolute atomic E-state index is 0.0631. The van der Waals surface area contributed by atoms with Gasteiger partial charge in [-0.15, -0.1) is 0 Å². The Morgan fingerprint density at radius 2 is 1.79 bits per heavy atom. The van der Waals surface area contributed by atoms with Crippen LogP contribution >= 0.6 is 11.6 Å². The molecular weight excluding hydrogens is 372 g/mol. The van der Waals surface area contributed by atoms with Crippen molar-refractivity contribution in [1.29, 1.82) is 0 Å². The topological polar surface area (TPSA) is 41.6 Å². The smallest absolute Gasteiger partial charge is 0.253 e. The quantitative estimate of drug-likeness (QED) is 0.796. The number of halogens is 1. The number of ether oxygens (including phenoxy) is 1. The summed E-state index contributed by atoms with van der Waals surface area (Å²) in [6.45, 7) is 0.907. The molecule has 2 fully saturated rings. The second kappa shape index (κ2) is 8.54. The lowest BCUT2D eigenvalue weighted by atomic mass is 9.81. The summed E-state index contributed by atoms with van der Waals surface area (Å²) in [6.07, 6.45) is 5.61. The first-order valence-electron chi connectivity index (χ1n) is 10.1. The van der Waals surface area contributed by atoms with E-state index in [1.54, 1.807) is 19.2 Å². The van der Waals surface area contributed by atoms with Gasteiger partial charge >= 0.3 is 0 Å². The van der Waals surface area contributed by atoms with Gasteiger partial charge in [0.15, 0.2) is 0 Å². The number of rotatable bonds is 5. The van der Waals surface area contributed by atoms with E-state index >= 15 is 0 Å². The molecule has 2 aromatic rings. The second-order valence-electron chi connectivity index (χ2n) is 7.84. The summed E-state index contributed by atoms with van der Waals surface area (Å²) in [4.78, 5) is 15.3. The van der Waals surface area contributed by atoms with Crippen molar-refractivity contribution in [3.05, 3.63) is 64.7 Å². The number of piperidine rings is 2. The van der Waals surface area contributed by atoms with E-state index in [9.17, 15) is 4.79 Å². The van der Waals surface area contributed by atoms with Gasteiger partial charge in [-0.05, 0) is 43.9 Å². The van der Waals surface area contributed by atoms with Crippen molar-refractivity contribution in [3.8, 4) is 5.75 Å². The van der Waals surface area contributed by atoms with Gasteiger partial charge < -0.3 is 10.1 Å². The van der Waals surface area contributed by atoms with Crippen molar-refractivity contribution >= 4 is 17.5 Å². The highest BCUT2D eigenvalue weighted by atomic mass is 35.5. The highest BCUT2D eigenvalue weighted by Gasteiger charge is 2.39.